The Kier molecular flexibility index (Phi) is 8.75. The predicted octanol–water partition coefficient (Wildman–Crippen LogP) is 3.54. The summed E-state index contributed by atoms with van der Waals surface area (Å²) in [5.74, 6) is -1.96. The summed E-state index contributed by atoms with van der Waals surface area (Å²) in [6.07, 6.45) is -5.18. The molecule has 0 bridgehead atoms. The zero-order valence-electron chi connectivity index (χ0n) is 16.5. The number of hydrogen-bond donors (Lipinski definition) is 1. The van der Waals surface area contributed by atoms with Crippen molar-refractivity contribution >= 4 is 52.6 Å². The van der Waals surface area contributed by atoms with E-state index in [1.54, 1.807) is 6.92 Å². The minimum absolute atomic E-state index is 0.127. The molecule has 0 aliphatic carbocycles. The Morgan fingerprint density at radius 2 is 1.57 bits per heavy atom. The van der Waals surface area contributed by atoms with Crippen molar-refractivity contribution < 1.29 is 33.3 Å². The molecule has 0 aromatic heterocycles. The van der Waals surface area contributed by atoms with E-state index >= 15 is 0 Å². The normalized spacial score (nSPS) is 26.5. The van der Waals surface area contributed by atoms with Crippen LogP contribution < -0.4 is 0 Å². The highest BCUT2D eigenvalue weighted by molar-refractivity contribution is 6.76. The summed E-state index contributed by atoms with van der Waals surface area (Å²) >= 11 is 17.1. The molecule has 166 valence electrons. The van der Waals surface area contributed by atoms with E-state index in [1.165, 1.54) is 13.8 Å². The van der Waals surface area contributed by atoms with Crippen molar-refractivity contribution in [1.82, 2.24) is 0 Å². The van der Waals surface area contributed by atoms with Crippen LogP contribution in [0.4, 0.5) is 0 Å². The van der Waals surface area contributed by atoms with Gasteiger partial charge in [0.25, 0.3) is 3.79 Å². The molecule has 0 unspecified atom stereocenters. The number of ether oxygens (including phenoxy) is 5. The van der Waals surface area contributed by atoms with Crippen molar-refractivity contribution in [1.29, 1.82) is 5.41 Å². The molecule has 0 saturated carbocycles. The van der Waals surface area contributed by atoms with Gasteiger partial charge in [-0.05, 0) is 12.5 Å². The van der Waals surface area contributed by atoms with Crippen LogP contribution in [0.2, 0.25) is 0 Å². The molecule has 8 nitrogen and oxygen atoms in total. The smallest absolute Gasteiger partial charge is 0.303 e. The number of alkyl halides is 3. The van der Waals surface area contributed by atoms with Gasteiger partial charge in [-0.25, -0.2) is 0 Å². The van der Waals surface area contributed by atoms with Crippen LogP contribution in [0, 0.1) is 5.41 Å². The van der Waals surface area contributed by atoms with Crippen LogP contribution in [0.25, 0.3) is 0 Å². The Hall–Kier alpha value is -1.58. The van der Waals surface area contributed by atoms with Gasteiger partial charge in [-0.1, -0.05) is 65.1 Å². The van der Waals surface area contributed by atoms with E-state index in [-0.39, 0.29) is 6.61 Å². The molecule has 2 rings (SSSR count). The standard InChI is InChI=1S/C19H22Cl3NO7/c1-10-14(28-11(2)24)15(26-9-13-7-5-4-6-8-13)16(29-12(3)25)17(27-10)30-18(23)19(20,21)22/h4-8,10,14-17,23H,9H2,1-3H3/t10-,14+,15-,16+,17-/m0/s1. The summed E-state index contributed by atoms with van der Waals surface area (Å²) in [6.45, 7) is 4.17. The van der Waals surface area contributed by atoms with Crippen LogP contribution in [-0.4, -0.2) is 52.3 Å². The lowest BCUT2D eigenvalue weighted by Gasteiger charge is -2.44. The van der Waals surface area contributed by atoms with Crippen LogP contribution >= 0.6 is 34.8 Å². The summed E-state index contributed by atoms with van der Waals surface area (Å²) in [5.41, 5.74) is 0.839. The number of carbonyl (C=O) groups is 2. The second kappa shape index (κ2) is 10.6. The van der Waals surface area contributed by atoms with Gasteiger partial charge >= 0.3 is 11.9 Å². The van der Waals surface area contributed by atoms with Gasteiger partial charge in [0.1, 0.15) is 6.10 Å². The molecule has 0 amide bonds. The topological polar surface area (TPSA) is 104 Å². The molecule has 1 aromatic rings. The maximum Gasteiger partial charge on any atom is 0.303 e. The molecular formula is C19H22Cl3NO7. The number of esters is 2. The summed E-state index contributed by atoms with van der Waals surface area (Å²) in [6, 6.07) is 9.22. The fourth-order valence-electron chi connectivity index (χ4n) is 2.88. The molecule has 5 atom stereocenters. The van der Waals surface area contributed by atoms with Crippen molar-refractivity contribution in [3.63, 3.8) is 0 Å². The molecule has 0 spiro atoms. The third-order valence-electron chi connectivity index (χ3n) is 4.11. The Bertz CT molecular complexity index is 756. The molecule has 30 heavy (non-hydrogen) atoms. The zero-order chi connectivity index (χ0) is 22.5. The van der Waals surface area contributed by atoms with E-state index in [0.29, 0.717) is 0 Å². The van der Waals surface area contributed by atoms with Gasteiger partial charge in [0.05, 0.1) is 12.7 Å². The predicted molar refractivity (Wildman–Crippen MR) is 110 cm³/mol. The molecule has 1 heterocycles. The van der Waals surface area contributed by atoms with Crippen molar-refractivity contribution in [3.05, 3.63) is 35.9 Å². The van der Waals surface area contributed by atoms with Gasteiger partial charge in [0, 0.05) is 13.8 Å². The second-order valence-electron chi connectivity index (χ2n) is 6.56. The molecular weight excluding hydrogens is 461 g/mol. The van der Waals surface area contributed by atoms with Gasteiger partial charge in [0.15, 0.2) is 12.2 Å². The number of rotatable bonds is 6. The van der Waals surface area contributed by atoms with Gasteiger partial charge in [-0.15, -0.1) is 0 Å². The van der Waals surface area contributed by atoms with Crippen molar-refractivity contribution in [2.24, 2.45) is 0 Å². The average Bonchev–Trinajstić information content (AvgIpc) is 2.64. The van der Waals surface area contributed by atoms with Crippen LogP contribution in [0.5, 0.6) is 0 Å². The quantitative estimate of drug-likeness (QED) is 0.286. The first kappa shape index (κ1) is 24.7. The summed E-state index contributed by atoms with van der Waals surface area (Å²) in [4.78, 5) is 23.4. The number of carbonyl (C=O) groups excluding carboxylic acids is 2. The van der Waals surface area contributed by atoms with Gasteiger partial charge in [-0.3, -0.25) is 15.0 Å². The molecule has 1 aromatic carbocycles. The fourth-order valence-corrected chi connectivity index (χ4v) is 3.01. The van der Waals surface area contributed by atoms with Crippen LogP contribution in [0.3, 0.4) is 0 Å². The second-order valence-corrected chi connectivity index (χ2v) is 8.84. The van der Waals surface area contributed by atoms with E-state index in [2.05, 4.69) is 0 Å². The maximum absolute atomic E-state index is 11.7. The molecule has 0 radical (unpaired) electrons. The Morgan fingerprint density at radius 3 is 2.10 bits per heavy atom. The lowest BCUT2D eigenvalue weighted by atomic mass is 9.98. The number of hydrogen-bond acceptors (Lipinski definition) is 8. The van der Waals surface area contributed by atoms with E-state index in [4.69, 9.17) is 63.9 Å². The maximum atomic E-state index is 11.7. The summed E-state index contributed by atoms with van der Waals surface area (Å²) in [7, 11) is 0. The highest BCUT2D eigenvalue weighted by Crippen LogP contribution is 2.33. The lowest BCUT2D eigenvalue weighted by molar-refractivity contribution is -0.290. The Labute approximate surface area is 189 Å². The largest absolute Gasteiger partial charge is 0.457 e. The van der Waals surface area contributed by atoms with Gasteiger partial charge in [-0.2, -0.15) is 0 Å². The molecule has 1 aliphatic rings. The van der Waals surface area contributed by atoms with Crippen molar-refractivity contribution in [3.8, 4) is 0 Å². The van der Waals surface area contributed by atoms with Gasteiger partial charge < -0.3 is 23.7 Å². The number of benzene rings is 1. The summed E-state index contributed by atoms with van der Waals surface area (Å²) < 4.78 is 25.6. The number of nitrogens with one attached hydrogen (secondary N) is 1. The molecule has 1 fully saturated rings. The third-order valence-corrected chi connectivity index (χ3v) is 4.62. The summed E-state index contributed by atoms with van der Waals surface area (Å²) in [5, 5.41) is 7.82. The van der Waals surface area contributed by atoms with E-state index in [9.17, 15) is 9.59 Å². The minimum atomic E-state index is -2.15. The molecule has 11 heteroatoms. The SMILES string of the molecule is CC(=O)O[C@H]1[C@H](OC(=N)C(Cl)(Cl)Cl)O[C@@H](C)[C@@H](OC(C)=O)[C@@H]1OCc1ccccc1. The van der Waals surface area contributed by atoms with E-state index in [1.807, 2.05) is 30.3 Å². The highest BCUT2D eigenvalue weighted by atomic mass is 35.6. The Balaban J connectivity index is 2.32. The van der Waals surface area contributed by atoms with E-state index < -0.39 is 52.3 Å². The third kappa shape index (κ3) is 6.99. The fraction of sp³-hybridized carbons (Fsp3) is 0.526. The first-order valence-electron chi connectivity index (χ1n) is 8.97. The van der Waals surface area contributed by atoms with Crippen LogP contribution in [0.15, 0.2) is 30.3 Å². The zero-order valence-corrected chi connectivity index (χ0v) is 18.7. The monoisotopic (exact) mass is 481 g/mol. The first-order chi connectivity index (χ1) is 14.0. The van der Waals surface area contributed by atoms with Crippen molar-refractivity contribution in [2.45, 2.75) is 61.9 Å². The minimum Gasteiger partial charge on any atom is -0.457 e. The first-order valence-corrected chi connectivity index (χ1v) is 10.1. The lowest BCUT2D eigenvalue weighted by Crippen LogP contribution is -2.61. The van der Waals surface area contributed by atoms with Crippen molar-refractivity contribution in [2.75, 3.05) is 0 Å². The molecule has 1 saturated heterocycles. The van der Waals surface area contributed by atoms with E-state index in [0.717, 1.165) is 5.56 Å². The van der Waals surface area contributed by atoms with Crippen LogP contribution in [0.1, 0.15) is 26.3 Å². The molecule has 1 aliphatic heterocycles. The number of halogens is 3. The average molecular weight is 483 g/mol. The molecule has 1 N–H and O–H groups in total. The van der Waals surface area contributed by atoms with Crippen LogP contribution in [-0.2, 0) is 39.9 Å². The Morgan fingerprint density at radius 1 is 1.00 bits per heavy atom. The van der Waals surface area contributed by atoms with Gasteiger partial charge in [0.2, 0.25) is 12.2 Å². The highest BCUT2D eigenvalue weighted by Gasteiger charge is 2.51.